The van der Waals surface area contributed by atoms with E-state index in [-0.39, 0.29) is 11.6 Å². The van der Waals surface area contributed by atoms with Crippen molar-refractivity contribution in [2.24, 2.45) is 0 Å². The van der Waals surface area contributed by atoms with Crippen molar-refractivity contribution in [1.82, 2.24) is 4.90 Å². The molecule has 2 amide bonds. The van der Waals surface area contributed by atoms with Gasteiger partial charge in [0.05, 0.1) is 19.2 Å². The van der Waals surface area contributed by atoms with Crippen molar-refractivity contribution in [1.29, 1.82) is 0 Å². The number of benzene rings is 2. The summed E-state index contributed by atoms with van der Waals surface area (Å²) in [7, 11) is 1.66. The molecule has 0 bridgehead atoms. The molecule has 0 atom stereocenters. The molecule has 24 heavy (non-hydrogen) atoms. The van der Waals surface area contributed by atoms with E-state index in [9.17, 15) is 4.79 Å². The van der Waals surface area contributed by atoms with Gasteiger partial charge < -0.3 is 9.64 Å². The number of ether oxygens (including phenoxy) is 1. The molecular formula is C19H19BrN2O2. The summed E-state index contributed by atoms with van der Waals surface area (Å²) in [5.74, 6) is 0.828. The Morgan fingerprint density at radius 3 is 2.58 bits per heavy atom. The number of nitrogens with zero attached hydrogens (tertiary/aromatic N) is 2. The molecule has 1 aliphatic carbocycles. The van der Waals surface area contributed by atoms with Crippen LogP contribution in [0.2, 0.25) is 0 Å². The average molecular weight is 387 g/mol. The van der Waals surface area contributed by atoms with Crippen molar-refractivity contribution in [2.75, 3.05) is 18.6 Å². The SMILES string of the molecule is COc1cccc(CN2C(=O)N(c3ccc(Br)cc3)CC23CC3)c1. The van der Waals surface area contributed by atoms with Crippen molar-refractivity contribution in [3.8, 4) is 5.75 Å². The maximum absolute atomic E-state index is 13.0. The Morgan fingerprint density at radius 1 is 1.17 bits per heavy atom. The monoisotopic (exact) mass is 386 g/mol. The van der Waals surface area contributed by atoms with Crippen molar-refractivity contribution in [3.63, 3.8) is 0 Å². The zero-order chi connectivity index (χ0) is 16.7. The molecule has 2 fully saturated rings. The van der Waals surface area contributed by atoms with Gasteiger partial charge in [-0.25, -0.2) is 4.79 Å². The van der Waals surface area contributed by atoms with Gasteiger partial charge in [0.2, 0.25) is 0 Å². The van der Waals surface area contributed by atoms with E-state index in [1.807, 2.05) is 58.3 Å². The van der Waals surface area contributed by atoms with Crippen LogP contribution in [0.3, 0.4) is 0 Å². The molecule has 1 heterocycles. The van der Waals surface area contributed by atoms with Gasteiger partial charge in [0, 0.05) is 16.7 Å². The zero-order valence-corrected chi connectivity index (χ0v) is 15.1. The highest BCUT2D eigenvalue weighted by molar-refractivity contribution is 9.10. The van der Waals surface area contributed by atoms with Crippen LogP contribution in [0.25, 0.3) is 0 Å². The quantitative estimate of drug-likeness (QED) is 0.778. The number of halogens is 1. The minimum Gasteiger partial charge on any atom is -0.497 e. The van der Waals surface area contributed by atoms with Crippen LogP contribution in [0.5, 0.6) is 5.75 Å². The fourth-order valence-corrected chi connectivity index (χ4v) is 3.64. The van der Waals surface area contributed by atoms with Crippen LogP contribution in [-0.4, -0.2) is 30.1 Å². The van der Waals surface area contributed by atoms with Crippen LogP contribution in [0, 0.1) is 0 Å². The lowest BCUT2D eigenvalue weighted by Crippen LogP contribution is -2.35. The molecule has 0 aromatic heterocycles. The molecule has 0 unspecified atom stereocenters. The Labute approximate surface area is 150 Å². The number of anilines is 1. The van der Waals surface area contributed by atoms with Crippen molar-refractivity contribution < 1.29 is 9.53 Å². The maximum Gasteiger partial charge on any atom is 0.325 e. The normalized spacial score (nSPS) is 18.3. The topological polar surface area (TPSA) is 32.8 Å². The highest BCUT2D eigenvalue weighted by Crippen LogP contribution is 2.48. The molecule has 1 saturated heterocycles. The zero-order valence-electron chi connectivity index (χ0n) is 13.5. The Kier molecular flexibility index (Phi) is 3.76. The Hall–Kier alpha value is -2.01. The third-order valence-corrected chi connectivity index (χ3v) is 5.46. The van der Waals surface area contributed by atoms with E-state index in [0.717, 1.165) is 40.9 Å². The minimum atomic E-state index is 0.00718. The summed E-state index contributed by atoms with van der Waals surface area (Å²) in [4.78, 5) is 16.9. The standard InChI is InChI=1S/C19H19BrN2O2/c1-24-17-4-2-3-14(11-17)12-22-18(23)21(13-19(22)9-10-19)16-7-5-15(20)6-8-16/h2-8,11H,9-10,12-13H2,1H3. The van der Waals surface area contributed by atoms with Crippen LogP contribution in [0.4, 0.5) is 10.5 Å². The molecule has 5 heteroatoms. The van der Waals surface area contributed by atoms with Crippen LogP contribution < -0.4 is 9.64 Å². The second-order valence-electron chi connectivity index (χ2n) is 6.51. The van der Waals surface area contributed by atoms with E-state index < -0.39 is 0 Å². The summed E-state index contributed by atoms with van der Waals surface area (Å²) in [6, 6.07) is 16.0. The summed E-state index contributed by atoms with van der Waals surface area (Å²) in [6.45, 7) is 1.40. The van der Waals surface area contributed by atoms with E-state index in [1.165, 1.54) is 0 Å². The van der Waals surface area contributed by atoms with E-state index in [1.54, 1.807) is 7.11 Å². The van der Waals surface area contributed by atoms with Gasteiger partial charge in [0.15, 0.2) is 0 Å². The average Bonchev–Trinajstić information content (AvgIpc) is 3.33. The van der Waals surface area contributed by atoms with Gasteiger partial charge in [-0.05, 0) is 54.8 Å². The van der Waals surface area contributed by atoms with Gasteiger partial charge in [-0.2, -0.15) is 0 Å². The largest absolute Gasteiger partial charge is 0.497 e. The maximum atomic E-state index is 13.0. The van der Waals surface area contributed by atoms with Gasteiger partial charge in [0.1, 0.15) is 5.75 Å². The fourth-order valence-electron chi connectivity index (χ4n) is 3.38. The lowest BCUT2D eigenvalue weighted by atomic mass is 10.1. The van der Waals surface area contributed by atoms with E-state index in [2.05, 4.69) is 15.9 Å². The van der Waals surface area contributed by atoms with E-state index in [0.29, 0.717) is 6.54 Å². The molecule has 1 spiro atoms. The molecule has 1 saturated carbocycles. The molecule has 4 nitrogen and oxygen atoms in total. The summed E-state index contributed by atoms with van der Waals surface area (Å²) in [6.07, 6.45) is 2.16. The van der Waals surface area contributed by atoms with Gasteiger partial charge in [0.25, 0.3) is 0 Å². The van der Waals surface area contributed by atoms with Crippen molar-refractivity contribution in [3.05, 3.63) is 58.6 Å². The van der Waals surface area contributed by atoms with Gasteiger partial charge in [-0.1, -0.05) is 28.1 Å². The van der Waals surface area contributed by atoms with E-state index in [4.69, 9.17) is 4.74 Å². The summed E-state index contributed by atoms with van der Waals surface area (Å²) >= 11 is 3.45. The first-order chi connectivity index (χ1) is 11.6. The summed E-state index contributed by atoms with van der Waals surface area (Å²) < 4.78 is 6.32. The lowest BCUT2D eigenvalue weighted by molar-refractivity contribution is 0.197. The lowest BCUT2D eigenvalue weighted by Gasteiger charge is -2.23. The van der Waals surface area contributed by atoms with Gasteiger partial charge in [-0.3, -0.25) is 4.90 Å². The number of methoxy groups -OCH3 is 1. The van der Waals surface area contributed by atoms with Crippen molar-refractivity contribution >= 4 is 27.6 Å². The summed E-state index contributed by atoms with van der Waals surface area (Å²) in [5, 5.41) is 0. The molecule has 2 aromatic rings. The van der Waals surface area contributed by atoms with Gasteiger partial charge >= 0.3 is 6.03 Å². The number of hydrogen-bond donors (Lipinski definition) is 0. The molecule has 0 N–H and O–H groups in total. The number of carbonyl (C=O) groups excluding carboxylic acids is 1. The number of urea groups is 1. The molecule has 2 aliphatic rings. The fraction of sp³-hybridized carbons (Fsp3) is 0.316. The predicted molar refractivity (Wildman–Crippen MR) is 97.4 cm³/mol. The predicted octanol–water partition coefficient (Wildman–Crippen LogP) is 4.43. The molecule has 124 valence electrons. The first-order valence-corrected chi connectivity index (χ1v) is 8.88. The Bertz CT molecular complexity index is 771. The first kappa shape index (κ1) is 15.5. The highest BCUT2D eigenvalue weighted by atomic mass is 79.9. The number of hydrogen-bond acceptors (Lipinski definition) is 2. The number of amides is 2. The molecule has 1 aliphatic heterocycles. The second-order valence-corrected chi connectivity index (χ2v) is 7.42. The molecule has 4 rings (SSSR count). The second kappa shape index (κ2) is 5.81. The van der Waals surface area contributed by atoms with Crippen molar-refractivity contribution in [2.45, 2.75) is 24.9 Å². The Balaban J connectivity index is 1.59. The third kappa shape index (κ3) is 2.67. The highest BCUT2D eigenvalue weighted by Gasteiger charge is 2.57. The Morgan fingerprint density at radius 2 is 1.92 bits per heavy atom. The number of carbonyl (C=O) groups is 1. The minimum absolute atomic E-state index is 0.00718. The third-order valence-electron chi connectivity index (χ3n) is 4.93. The van der Waals surface area contributed by atoms with E-state index >= 15 is 0 Å². The molecule has 0 radical (unpaired) electrons. The van der Waals surface area contributed by atoms with Crippen LogP contribution in [0.15, 0.2) is 53.0 Å². The van der Waals surface area contributed by atoms with Crippen LogP contribution in [0.1, 0.15) is 18.4 Å². The smallest absolute Gasteiger partial charge is 0.325 e. The summed E-state index contributed by atoms with van der Waals surface area (Å²) in [5.41, 5.74) is 2.07. The number of rotatable bonds is 4. The molecular weight excluding hydrogens is 368 g/mol. The molecule has 2 aromatic carbocycles. The van der Waals surface area contributed by atoms with Gasteiger partial charge in [-0.15, -0.1) is 0 Å². The first-order valence-electron chi connectivity index (χ1n) is 8.09. The van der Waals surface area contributed by atoms with Crippen LogP contribution >= 0.6 is 15.9 Å². The van der Waals surface area contributed by atoms with Crippen LogP contribution in [-0.2, 0) is 6.54 Å².